The van der Waals surface area contributed by atoms with Gasteiger partial charge in [0.2, 0.25) is 5.91 Å². The standard InChI is InChI=1S/C26H36N2O3/c1-8-12-25(13-9-2)17-21-26(24(5,6)7,20-16-18(3)10-11-19(20)4)28(23(30)31)15-14-27(21)22(25)29/h8-11,16,21H,1-2,12-15,17H2,3-7H3,(H,30,31)/t21-,26+/m0/s1. The van der Waals surface area contributed by atoms with E-state index < -0.39 is 22.5 Å². The quantitative estimate of drug-likeness (QED) is 0.654. The van der Waals surface area contributed by atoms with Gasteiger partial charge in [0, 0.05) is 13.1 Å². The van der Waals surface area contributed by atoms with Crippen LogP contribution in [0.2, 0.25) is 0 Å². The van der Waals surface area contributed by atoms with Crippen LogP contribution in [0.5, 0.6) is 0 Å². The van der Waals surface area contributed by atoms with Crippen molar-refractivity contribution in [3.8, 4) is 0 Å². The molecule has 2 atom stereocenters. The van der Waals surface area contributed by atoms with Crippen molar-refractivity contribution in [2.24, 2.45) is 10.8 Å². The highest BCUT2D eigenvalue weighted by atomic mass is 16.4. The molecule has 2 fully saturated rings. The highest BCUT2D eigenvalue weighted by Gasteiger charge is 2.66. The average Bonchev–Trinajstić information content (AvgIpc) is 2.95. The molecule has 0 aliphatic carbocycles. The van der Waals surface area contributed by atoms with Gasteiger partial charge in [0.15, 0.2) is 0 Å². The Kier molecular flexibility index (Phi) is 5.85. The molecule has 0 saturated carbocycles. The Morgan fingerprint density at radius 2 is 1.81 bits per heavy atom. The zero-order valence-corrected chi connectivity index (χ0v) is 19.6. The van der Waals surface area contributed by atoms with Crippen molar-refractivity contribution in [1.29, 1.82) is 0 Å². The predicted octanol–water partition coefficient (Wildman–Crippen LogP) is 5.28. The molecule has 2 aliphatic rings. The first-order valence-corrected chi connectivity index (χ1v) is 11.1. The number of carbonyl (C=O) groups excluding carboxylic acids is 1. The second-order valence-corrected chi connectivity index (χ2v) is 10.3. The van der Waals surface area contributed by atoms with Crippen LogP contribution in [0.1, 0.15) is 56.7 Å². The summed E-state index contributed by atoms with van der Waals surface area (Å²) in [5, 5.41) is 10.4. The van der Waals surface area contributed by atoms with Crippen LogP contribution >= 0.6 is 0 Å². The third-order valence-corrected chi connectivity index (χ3v) is 7.40. The first-order chi connectivity index (χ1) is 14.5. The number of hydrogen-bond acceptors (Lipinski definition) is 2. The number of carbonyl (C=O) groups is 2. The van der Waals surface area contributed by atoms with E-state index in [1.807, 2.05) is 30.9 Å². The fourth-order valence-electron chi connectivity index (χ4n) is 6.21. The van der Waals surface area contributed by atoms with Gasteiger partial charge in [-0.15, -0.1) is 13.2 Å². The summed E-state index contributed by atoms with van der Waals surface area (Å²) in [6.07, 6.45) is 4.39. The first-order valence-electron chi connectivity index (χ1n) is 11.1. The Labute approximate surface area is 186 Å². The molecule has 0 radical (unpaired) electrons. The molecule has 0 bridgehead atoms. The molecule has 0 spiro atoms. The summed E-state index contributed by atoms with van der Waals surface area (Å²) in [7, 11) is 0. The van der Waals surface area contributed by atoms with Gasteiger partial charge in [-0.3, -0.25) is 9.69 Å². The van der Waals surface area contributed by atoms with Gasteiger partial charge >= 0.3 is 6.09 Å². The number of piperazine rings is 1. The van der Waals surface area contributed by atoms with Crippen LogP contribution in [0.15, 0.2) is 43.5 Å². The average molecular weight is 425 g/mol. The van der Waals surface area contributed by atoms with Crippen LogP contribution in [-0.4, -0.2) is 46.0 Å². The van der Waals surface area contributed by atoms with Gasteiger partial charge in [0.1, 0.15) is 0 Å². The van der Waals surface area contributed by atoms with Gasteiger partial charge in [-0.05, 0) is 49.7 Å². The molecule has 3 rings (SSSR count). The lowest BCUT2D eigenvalue weighted by molar-refractivity contribution is -0.145. The lowest BCUT2D eigenvalue weighted by Gasteiger charge is -2.60. The molecule has 5 heteroatoms. The molecule has 2 aliphatic heterocycles. The smallest absolute Gasteiger partial charge is 0.408 e. The fourth-order valence-corrected chi connectivity index (χ4v) is 6.21. The lowest BCUT2D eigenvalue weighted by atomic mass is 9.60. The Morgan fingerprint density at radius 1 is 1.19 bits per heavy atom. The number of hydrogen-bond donors (Lipinski definition) is 1. The monoisotopic (exact) mass is 424 g/mol. The van der Waals surface area contributed by atoms with E-state index >= 15 is 0 Å². The van der Waals surface area contributed by atoms with Crippen molar-refractivity contribution in [3.05, 3.63) is 60.2 Å². The van der Waals surface area contributed by atoms with E-state index in [4.69, 9.17) is 0 Å². The molecule has 2 saturated heterocycles. The number of fused-ring (bicyclic) bond motifs is 1. The second kappa shape index (κ2) is 7.85. The predicted molar refractivity (Wildman–Crippen MR) is 124 cm³/mol. The number of amides is 2. The summed E-state index contributed by atoms with van der Waals surface area (Å²) in [6.45, 7) is 18.9. The van der Waals surface area contributed by atoms with Gasteiger partial charge in [0.05, 0.1) is 17.0 Å². The van der Waals surface area contributed by atoms with E-state index in [2.05, 4.69) is 52.1 Å². The number of carboxylic acid groups (broad SMARTS) is 1. The van der Waals surface area contributed by atoms with E-state index in [0.29, 0.717) is 32.4 Å². The van der Waals surface area contributed by atoms with Gasteiger partial charge in [-0.25, -0.2) is 4.79 Å². The van der Waals surface area contributed by atoms with E-state index in [1.54, 1.807) is 4.90 Å². The fraction of sp³-hybridized carbons (Fsp3) is 0.538. The highest BCUT2D eigenvalue weighted by Crippen LogP contribution is 2.58. The van der Waals surface area contributed by atoms with Gasteiger partial charge in [-0.2, -0.15) is 0 Å². The Morgan fingerprint density at radius 3 is 2.32 bits per heavy atom. The van der Waals surface area contributed by atoms with E-state index in [9.17, 15) is 14.7 Å². The van der Waals surface area contributed by atoms with E-state index in [1.165, 1.54) is 0 Å². The van der Waals surface area contributed by atoms with Crippen LogP contribution in [0, 0.1) is 24.7 Å². The molecule has 1 aromatic rings. The third-order valence-electron chi connectivity index (χ3n) is 7.40. The highest BCUT2D eigenvalue weighted by molar-refractivity contribution is 5.87. The number of rotatable bonds is 5. The molecule has 0 unspecified atom stereocenters. The van der Waals surface area contributed by atoms with E-state index in [0.717, 1.165) is 16.7 Å². The van der Waals surface area contributed by atoms with Crippen LogP contribution in [-0.2, 0) is 10.3 Å². The minimum Gasteiger partial charge on any atom is -0.465 e. The molecule has 31 heavy (non-hydrogen) atoms. The van der Waals surface area contributed by atoms with Crippen LogP contribution in [0.25, 0.3) is 0 Å². The molecule has 5 nitrogen and oxygen atoms in total. The molecular weight excluding hydrogens is 388 g/mol. The normalized spacial score (nSPS) is 25.3. The number of allylic oxidation sites excluding steroid dienone is 2. The van der Waals surface area contributed by atoms with Gasteiger partial charge < -0.3 is 10.0 Å². The number of nitrogens with zero attached hydrogens (tertiary/aromatic N) is 2. The van der Waals surface area contributed by atoms with Crippen LogP contribution < -0.4 is 0 Å². The van der Waals surface area contributed by atoms with Crippen molar-refractivity contribution in [2.45, 2.75) is 65.5 Å². The molecular formula is C26H36N2O3. The van der Waals surface area contributed by atoms with Crippen molar-refractivity contribution >= 4 is 12.0 Å². The SMILES string of the molecule is C=CCC1(CC=C)C[C@@H]2N(CCN(C(=O)O)[C@@]2(c2cc(C)ccc2C)C(C)(C)C)C1=O. The molecule has 1 N–H and O–H groups in total. The third kappa shape index (κ3) is 3.29. The summed E-state index contributed by atoms with van der Waals surface area (Å²) < 4.78 is 0. The summed E-state index contributed by atoms with van der Waals surface area (Å²) in [6, 6.07) is 5.98. The maximum absolute atomic E-state index is 13.8. The van der Waals surface area contributed by atoms with Crippen LogP contribution in [0.3, 0.4) is 0 Å². The van der Waals surface area contributed by atoms with Crippen molar-refractivity contribution in [2.75, 3.05) is 13.1 Å². The van der Waals surface area contributed by atoms with E-state index in [-0.39, 0.29) is 11.9 Å². The second-order valence-electron chi connectivity index (χ2n) is 10.3. The van der Waals surface area contributed by atoms with Crippen molar-refractivity contribution in [3.63, 3.8) is 0 Å². The zero-order chi connectivity index (χ0) is 23.2. The van der Waals surface area contributed by atoms with Gasteiger partial charge in [-0.1, -0.05) is 56.7 Å². The Bertz CT molecular complexity index is 904. The lowest BCUT2D eigenvalue weighted by Crippen LogP contribution is -2.71. The van der Waals surface area contributed by atoms with Crippen molar-refractivity contribution < 1.29 is 14.7 Å². The first kappa shape index (κ1) is 23.1. The maximum Gasteiger partial charge on any atom is 0.408 e. The molecule has 168 valence electrons. The topological polar surface area (TPSA) is 60.9 Å². The minimum atomic E-state index is -0.937. The van der Waals surface area contributed by atoms with Crippen LogP contribution in [0.4, 0.5) is 4.79 Å². The number of benzene rings is 1. The molecule has 0 aromatic heterocycles. The molecule has 2 heterocycles. The Balaban J connectivity index is 2.36. The zero-order valence-electron chi connectivity index (χ0n) is 19.6. The summed E-state index contributed by atoms with van der Waals surface area (Å²) in [5.74, 6) is 0.0984. The summed E-state index contributed by atoms with van der Waals surface area (Å²) >= 11 is 0. The summed E-state index contributed by atoms with van der Waals surface area (Å²) in [4.78, 5) is 30.0. The molecule has 1 aromatic carbocycles. The largest absolute Gasteiger partial charge is 0.465 e. The molecule has 2 amide bonds. The number of aryl methyl sites for hydroxylation is 2. The Hall–Kier alpha value is -2.56. The van der Waals surface area contributed by atoms with Gasteiger partial charge in [0.25, 0.3) is 0 Å². The minimum absolute atomic E-state index is 0.0984. The van der Waals surface area contributed by atoms with Crippen molar-refractivity contribution in [1.82, 2.24) is 9.80 Å². The summed E-state index contributed by atoms with van der Waals surface area (Å²) in [5.41, 5.74) is 1.19. The maximum atomic E-state index is 13.8.